The number of allylic oxidation sites excluding steroid dienone is 2. The second-order valence-corrected chi connectivity index (χ2v) is 5.61. The van der Waals surface area contributed by atoms with Gasteiger partial charge in [-0.05, 0) is 59.2 Å². The summed E-state index contributed by atoms with van der Waals surface area (Å²) in [5.74, 6) is 0.680. The van der Waals surface area contributed by atoms with Gasteiger partial charge in [0.05, 0.1) is 0 Å². The van der Waals surface area contributed by atoms with E-state index in [-0.39, 0.29) is 0 Å². The average Bonchev–Trinajstić information content (AvgIpc) is 2.93. The fourth-order valence-corrected chi connectivity index (χ4v) is 3.93. The van der Waals surface area contributed by atoms with E-state index in [9.17, 15) is 0 Å². The first kappa shape index (κ1) is 9.70. The van der Waals surface area contributed by atoms with E-state index >= 15 is 0 Å². The van der Waals surface area contributed by atoms with Crippen LogP contribution in [0.2, 0.25) is 0 Å². The van der Waals surface area contributed by atoms with Crippen LogP contribution in [0.4, 0.5) is 0 Å². The summed E-state index contributed by atoms with van der Waals surface area (Å²) in [4.78, 5) is 0. The Morgan fingerprint density at radius 3 is 2.88 bits per heavy atom. The van der Waals surface area contributed by atoms with Crippen molar-refractivity contribution < 1.29 is 0 Å². The zero-order chi connectivity index (χ0) is 11.4. The Labute approximate surface area is 102 Å². The molecule has 3 aliphatic carbocycles. The van der Waals surface area contributed by atoms with Crippen LogP contribution in [0, 0.1) is 0 Å². The minimum Gasteiger partial charge on any atom is -0.0728 e. The molecule has 1 unspecified atom stereocenters. The summed E-state index contributed by atoms with van der Waals surface area (Å²) in [7, 11) is 0. The Hall–Kier alpha value is -1.30. The van der Waals surface area contributed by atoms with Crippen molar-refractivity contribution in [2.45, 2.75) is 44.9 Å². The molecule has 0 heteroatoms. The van der Waals surface area contributed by atoms with Crippen LogP contribution >= 0.6 is 0 Å². The van der Waals surface area contributed by atoms with Crippen molar-refractivity contribution in [1.82, 2.24) is 0 Å². The highest BCUT2D eigenvalue weighted by atomic mass is 14.3. The zero-order valence-corrected chi connectivity index (χ0v) is 10.4. The smallest absolute Gasteiger partial charge is 0.00321 e. The van der Waals surface area contributed by atoms with Gasteiger partial charge in [0.1, 0.15) is 0 Å². The lowest BCUT2D eigenvalue weighted by Crippen LogP contribution is -2.25. The van der Waals surface area contributed by atoms with Gasteiger partial charge in [-0.15, -0.1) is 0 Å². The second-order valence-electron chi connectivity index (χ2n) is 5.61. The molecule has 0 aliphatic heterocycles. The van der Waals surface area contributed by atoms with Gasteiger partial charge in [-0.2, -0.15) is 0 Å². The van der Waals surface area contributed by atoms with Crippen molar-refractivity contribution in [3.63, 3.8) is 0 Å². The van der Waals surface area contributed by atoms with Crippen LogP contribution in [0.3, 0.4) is 0 Å². The van der Waals surface area contributed by atoms with E-state index in [1.165, 1.54) is 30.9 Å². The van der Waals surface area contributed by atoms with Crippen LogP contribution in [-0.2, 0) is 0 Å². The summed E-state index contributed by atoms with van der Waals surface area (Å²) >= 11 is 0. The van der Waals surface area contributed by atoms with Gasteiger partial charge in [-0.3, -0.25) is 0 Å². The van der Waals surface area contributed by atoms with Gasteiger partial charge in [0.25, 0.3) is 0 Å². The SMILES string of the molecule is CC1C2=C(CCCC2)c2c1ccc1c2=CCC=1. The number of rotatable bonds is 0. The molecule has 1 aromatic carbocycles. The van der Waals surface area contributed by atoms with Crippen molar-refractivity contribution in [2.24, 2.45) is 0 Å². The van der Waals surface area contributed by atoms with E-state index in [1.807, 2.05) is 0 Å². The number of hydrogen-bond donors (Lipinski definition) is 0. The molecule has 0 spiro atoms. The summed E-state index contributed by atoms with van der Waals surface area (Å²) in [6.45, 7) is 2.40. The summed E-state index contributed by atoms with van der Waals surface area (Å²) < 4.78 is 0. The molecule has 86 valence electrons. The zero-order valence-electron chi connectivity index (χ0n) is 10.4. The van der Waals surface area contributed by atoms with E-state index in [1.54, 1.807) is 27.5 Å². The van der Waals surface area contributed by atoms with Crippen molar-refractivity contribution in [1.29, 1.82) is 0 Å². The van der Waals surface area contributed by atoms with Crippen molar-refractivity contribution in [3.8, 4) is 0 Å². The molecule has 0 nitrogen and oxygen atoms in total. The molecule has 0 radical (unpaired) electrons. The maximum Gasteiger partial charge on any atom is 0.00321 e. The molecule has 1 aromatic rings. The summed E-state index contributed by atoms with van der Waals surface area (Å²) in [5, 5.41) is 3.01. The van der Waals surface area contributed by atoms with Crippen molar-refractivity contribution in [3.05, 3.63) is 39.3 Å². The lowest BCUT2D eigenvalue weighted by molar-refractivity contribution is 0.685. The van der Waals surface area contributed by atoms with Crippen LogP contribution in [0.1, 0.15) is 56.1 Å². The van der Waals surface area contributed by atoms with Crippen LogP contribution in [-0.4, -0.2) is 0 Å². The van der Waals surface area contributed by atoms with Gasteiger partial charge < -0.3 is 0 Å². The predicted octanol–water partition coefficient (Wildman–Crippen LogP) is 3.10. The quantitative estimate of drug-likeness (QED) is 0.633. The van der Waals surface area contributed by atoms with Gasteiger partial charge >= 0.3 is 0 Å². The van der Waals surface area contributed by atoms with Gasteiger partial charge in [-0.25, -0.2) is 0 Å². The number of fused-ring (bicyclic) bond motifs is 4. The normalized spacial score (nSPS) is 24.9. The summed E-state index contributed by atoms with van der Waals surface area (Å²) in [6, 6.07) is 4.71. The molecule has 0 heterocycles. The molecular weight excluding hydrogens is 204 g/mol. The van der Waals surface area contributed by atoms with E-state index in [2.05, 4.69) is 31.2 Å². The largest absolute Gasteiger partial charge is 0.0728 e. The van der Waals surface area contributed by atoms with Gasteiger partial charge in [0.2, 0.25) is 0 Å². The van der Waals surface area contributed by atoms with Crippen LogP contribution in [0.25, 0.3) is 17.7 Å². The molecule has 1 atom stereocenters. The van der Waals surface area contributed by atoms with E-state index in [0.717, 1.165) is 6.42 Å². The fraction of sp³-hybridized carbons (Fsp3) is 0.412. The Balaban J connectivity index is 2.08. The Kier molecular flexibility index (Phi) is 1.91. The first-order valence-electron chi connectivity index (χ1n) is 6.92. The standard InChI is InChI=1S/C17H18/c1-11-13-6-2-3-7-16(13)17-14(11)10-9-12-5-4-8-15(12)17/h5,8-11H,2-4,6-7H2,1H3. The molecule has 0 fully saturated rings. The number of benzene rings is 1. The molecule has 0 aromatic heterocycles. The number of hydrogen-bond acceptors (Lipinski definition) is 0. The third kappa shape index (κ3) is 1.19. The van der Waals surface area contributed by atoms with Crippen molar-refractivity contribution in [2.75, 3.05) is 0 Å². The minimum absolute atomic E-state index is 0.680. The first-order valence-corrected chi connectivity index (χ1v) is 6.92. The molecular formula is C17H18. The highest BCUT2D eigenvalue weighted by Crippen LogP contribution is 2.46. The average molecular weight is 222 g/mol. The predicted molar refractivity (Wildman–Crippen MR) is 73.0 cm³/mol. The highest BCUT2D eigenvalue weighted by Gasteiger charge is 2.30. The summed E-state index contributed by atoms with van der Waals surface area (Å²) in [5.41, 5.74) is 6.68. The maximum absolute atomic E-state index is 2.42. The van der Waals surface area contributed by atoms with Crippen LogP contribution < -0.4 is 10.4 Å². The van der Waals surface area contributed by atoms with E-state index in [4.69, 9.17) is 0 Å². The first-order chi connectivity index (χ1) is 8.36. The van der Waals surface area contributed by atoms with E-state index in [0.29, 0.717) is 5.92 Å². The molecule has 0 saturated carbocycles. The molecule has 3 aliphatic rings. The highest BCUT2D eigenvalue weighted by molar-refractivity contribution is 5.80. The third-order valence-electron chi connectivity index (χ3n) is 4.77. The molecule has 17 heavy (non-hydrogen) atoms. The second kappa shape index (κ2) is 3.35. The molecule has 0 saturated heterocycles. The van der Waals surface area contributed by atoms with Gasteiger partial charge in [0, 0.05) is 5.92 Å². The molecule has 0 bridgehead atoms. The molecule has 4 rings (SSSR count). The maximum atomic E-state index is 2.42. The van der Waals surface area contributed by atoms with Gasteiger partial charge in [0.15, 0.2) is 0 Å². The topological polar surface area (TPSA) is 0 Å². The third-order valence-corrected chi connectivity index (χ3v) is 4.77. The van der Waals surface area contributed by atoms with E-state index < -0.39 is 0 Å². The lowest BCUT2D eigenvalue weighted by Gasteiger charge is -2.16. The molecule has 0 N–H and O–H groups in total. The summed E-state index contributed by atoms with van der Waals surface area (Å²) in [6.07, 6.45) is 11.4. The lowest BCUT2D eigenvalue weighted by atomic mass is 9.88. The Morgan fingerprint density at radius 2 is 1.94 bits per heavy atom. The van der Waals surface area contributed by atoms with Gasteiger partial charge in [-0.1, -0.05) is 36.8 Å². The monoisotopic (exact) mass is 222 g/mol. The van der Waals surface area contributed by atoms with Crippen molar-refractivity contribution >= 4 is 17.7 Å². The molecule has 0 amide bonds. The Bertz CT molecular complexity index is 643. The fourth-order valence-electron chi connectivity index (χ4n) is 3.93. The van der Waals surface area contributed by atoms with Crippen LogP contribution in [0.15, 0.2) is 17.7 Å². The minimum atomic E-state index is 0.680. The Morgan fingerprint density at radius 1 is 1.06 bits per heavy atom. The van der Waals surface area contributed by atoms with Crippen LogP contribution in [0.5, 0.6) is 0 Å².